The summed E-state index contributed by atoms with van der Waals surface area (Å²) in [4.78, 5) is 26.3. The van der Waals surface area contributed by atoms with E-state index in [9.17, 15) is 27.7 Å². The molecule has 0 amide bonds. The molecular formula is C26H17N2NaO6S. The van der Waals surface area contributed by atoms with E-state index in [4.69, 9.17) is 0 Å². The predicted molar refractivity (Wildman–Crippen MR) is 129 cm³/mol. The van der Waals surface area contributed by atoms with Gasteiger partial charge in [-0.05, 0) is 30.3 Å². The molecule has 0 saturated heterocycles. The summed E-state index contributed by atoms with van der Waals surface area (Å²) >= 11 is 0. The van der Waals surface area contributed by atoms with Crippen molar-refractivity contribution in [3.63, 3.8) is 0 Å². The molecule has 8 nitrogen and oxygen atoms in total. The van der Waals surface area contributed by atoms with Crippen LogP contribution < -0.4 is 40.2 Å². The van der Waals surface area contributed by atoms with Gasteiger partial charge in [-0.2, -0.15) is 0 Å². The van der Waals surface area contributed by atoms with Gasteiger partial charge >= 0.3 is 29.6 Å². The minimum absolute atomic E-state index is 0. The average Bonchev–Trinajstić information content (AvgIpc) is 2.84. The van der Waals surface area contributed by atoms with E-state index in [1.807, 2.05) is 6.07 Å². The molecule has 0 unspecified atom stereocenters. The predicted octanol–water partition coefficient (Wildman–Crippen LogP) is 1.56. The molecule has 1 aliphatic carbocycles. The summed E-state index contributed by atoms with van der Waals surface area (Å²) in [6.45, 7) is 0. The molecule has 36 heavy (non-hydrogen) atoms. The minimum Gasteiger partial charge on any atom is -0.744 e. The van der Waals surface area contributed by atoms with Crippen LogP contribution >= 0.6 is 0 Å². The molecule has 0 spiro atoms. The Balaban J connectivity index is 0.00000304. The van der Waals surface area contributed by atoms with Crippen LogP contribution in [0.4, 0.5) is 22.7 Å². The summed E-state index contributed by atoms with van der Waals surface area (Å²) in [5.74, 6) is -1.51. The molecule has 0 bridgehead atoms. The van der Waals surface area contributed by atoms with Gasteiger partial charge in [-0.3, -0.25) is 9.59 Å². The first-order valence-electron chi connectivity index (χ1n) is 10.5. The van der Waals surface area contributed by atoms with Crippen LogP contribution in [0.3, 0.4) is 0 Å². The van der Waals surface area contributed by atoms with Gasteiger partial charge in [-0.1, -0.05) is 54.6 Å². The maximum Gasteiger partial charge on any atom is 1.00 e. The van der Waals surface area contributed by atoms with Gasteiger partial charge in [-0.15, -0.1) is 0 Å². The number of nitrogens with one attached hydrogen (secondary N) is 2. The number of hydrogen-bond acceptors (Lipinski definition) is 8. The molecule has 0 aliphatic heterocycles. The maximum absolute atomic E-state index is 13.5. The van der Waals surface area contributed by atoms with Crippen molar-refractivity contribution < 1.29 is 57.2 Å². The van der Waals surface area contributed by atoms with Crippen molar-refractivity contribution in [1.29, 1.82) is 0 Å². The van der Waals surface area contributed by atoms with Gasteiger partial charge in [-0.25, -0.2) is 8.42 Å². The third-order valence-corrected chi connectivity index (χ3v) is 6.54. The number of para-hydroxylation sites is 2. The summed E-state index contributed by atoms with van der Waals surface area (Å²) in [7, 11) is -4.84. The number of hydrogen-bond donors (Lipinski definition) is 3. The Morgan fingerprint density at radius 2 is 1.22 bits per heavy atom. The first kappa shape index (κ1) is 25.6. The SMILES string of the molecule is O=C1c2ccccc2C(=O)c2c(O)c(Nc3ccccc3)cc(Nc3ccccc3S(=O)(=O)[O-])c21.[Na+]. The number of fused-ring (bicyclic) bond motifs is 2. The van der Waals surface area contributed by atoms with Crippen molar-refractivity contribution in [2.24, 2.45) is 0 Å². The van der Waals surface area contributed by atoms with Crippen molar-refractivity contribution in [2.75, 3.05) is 10.6 Å². The van der Waals surface area contributed by atoms with Crippen LogP contribution in [-0.2, 0) is 10.1 Å². The van der Waals surface area contributed by atoms with Crippen LogP contribution in [0.1, 0.15) is 31.8 Å². The number of ketones is 2. The van der Waals surface area contributed by atoms with Gasteiger partial charge in [0.1, 0.15) is 10.1 Å². The van der Waals surface area contributed by atoms with E-state index < -0.39 is 32.3 Å². The molecule has 174 valence electrons. The Labute approximate surface area is 229 Å². The molecular weight excluding hydrogens is 491 g/mol. The number of carbonyl (C=O) groups excluding carboxylic acids is 2. The van der Waals surface area contributed by atoms with Gasteiger partial charge < -0.3 is 20.3 Å². The van der Waals surface area contributed by atoms with Gasteiger partial charge in [0.05, 0.1) is 33.1 Å². The molecule has 0 fully saturated rings. The van der Waals surface area contributed by atoms with Crippen LogP contribution in [0.15, 0.2) is 89.8 Å². The molecule has 0 radical (unpaired) electrons. The quantitative estimate of drug-likeness (QED) is 0.141. The number of phenols is 1. The summed E-state index contributed by atoms with van der Waals surface area (Å²) in [6.07, 6.45) is 0. The van der Waals surface area contributed by atoms with E-state index >= 15 is 0 Å². The molecule has 1 aliphatic rings. The number of aromatic hydroxyl groups is 1. The minimum atomic E-state index is -4.84. The Hall–Kier alpha value is -3.47. The maximum atomic E-state index is 13.5. The second-order valence-electron chi connectivity index (χ2n) is 7.84. The van der Waals surface area contributed by atoms with Crippen LogP contribution in [0, 0.1) is 0 Å². The fourth-order valence-electron chi connectivity index (χ4n) is 4.08. The molecule has 5 rings (SSSR count). The fraction of sp³-hybridized carbons (Fsp3) is 0. The molecule has 0 atom stereocenters. The average molecular weight is 508 g/mol. The third kappa shape index (κ3) is 4.55. The van der Waals surface area contributed by atoms with Crippen LogP contribution in [0.5, 0.6) is 5.75 Å². The Kier molecular flexibility index (Phi) is 7.03. The monoisotopic (exact) mass is 508 g/mol. The third-order valence-electron chi connectivity index (χ3n) is 5.65. The van der Waals surface area contributed by atoms with Crippen LogP contribution in [0.2, 0.25) is 0 Å². The van der Waals surface area contributed by atoms with Crippen LogP contribution in [-0.4, -0.2) is 29.6 Å². The van der Waals surface area contributed by atoms with Crippen molar-refractivity contribution in [3.8, 4) is 5.75 Å². The zero-order valence-electron chi connectivity index (χ0n) is 19.0. The standard InChI is InChI=1S/C26H18N2O6S.Na/c29-24-16-10-4-5-11-17(16)25(30)23-22(24)19(28-18-12-6-7-13-21(18)35(32,33)34)14-20(26(23)31)27-15-8-2-1-3-9-15;/h1-14,27-28,31H,(H,32,33,34);/q;+1/p-1. The van der Waals surface area contributed by atoms with Crippen LogP contribution in [0.25, 0.3) is 0 Å². The number of anilines is 4. The number of carbonyl (C=O) groups is 2. The fourth-order valence-corrected chi connectivity index (χ4v) is 4.72. The summed E-state index contributed by atoms with van der Waals surface area (Å²) in [5.41, 5.74) is 0.654. The molecule has 0 saturated carbocycles. The molecule has 0 aromatic heterocycles. The smallest absolute Gasteiger partial charge is 0.744 e. The van der Waals surface area contributed by atoms with Crippen molar-refractivity contribution in [3.05, 3.63) is 107 Å². The summed E-state index contributed by atoms with van der Waals surface area (Å²) in [5, 5.41) is 16.9. The largest absolute Gasteiger partial charge is 1.00 e. The summed E-state index contributed by atoms with van der Waals surface area (Å²) < 4.78 is 35.4. The van der Waals surface area contributed by atoms with E-state index in [2.05, 4.69) is 10.6 Å². The Bertz CT molecular complexity index is 1620. The van der Waals surface area contributed by atoms with E-state index in [-0.39, 0.29) is 68.9 Å². The van der Waals surface area contributed by atoms with Gasteiger partial charge in [0.25, 0.3) is 0 Å². The molecule has 3 N–H and O–H groups in total. The Morgan fingerprint density at radius 1 is 0.667 bits per heavy atom. The van der Waals surface area contributed by atoms with Gasteiger partial charge in [0, 0.05) is 16.8 Å². The van der Waals surface area contributed by atoms with E-state index in [1.54, 1.807) is 36.4 Å². The van der Waals surface area contributed by atoms with Gasteiger partial charge in [0.2, 0.25) is 0 Å². The normalized spacial score (nSPS) is 12.2. The Morgan fingerprint density at radius 3 is 1.86 bits per heavy atom. The van der Waals surface area contributed by atoms with Crippen molar-refractivity contribution >= 4 is 44.4 Å². The first-order chi connectivity index (χ1) is 16.8. The van der Waals surface area contributed by atoms with Crippen molar-refractivity contribution in [2.45, 2.75) is 4.90 Å². The van der Waals surface area contributed by atoms with Crippen molar-refractivity contribution in [1.82, 2.24) is 0 Å². The van der Waals surface area contributed by atoms with E-state index in [1.165, 1.54) is 36.4 Å². The zero-order valence-corrected chi connectivity index (χ0v) is 21.8. The molecule has 10 heteroatoms. The zero-order chi connectivity index (χ0) is 24.7. The number of benzene rings is 4. The second-order valence-corrected chi connectivity index (χ2v) is 9.19. The summed E-state index contributed by atoms with van der Waals surface area (Å²) in [6, 6.07) is 21.9. The second kappa shape index (κ2) is 9.88. The van der Waals surface area contributed by atoms with E-state index in [0.717, 1.165) is 6.07 Å². The number of rotatable bonds is 5. The van der Waals surface area contributed by atoms with Gasteiger partial charge in [0.15, 0.2) is 17.3 Å². The first-order valence-corrected chi connectivity index (χ1v) is 11.9. The topological polar surface area (TPSA) is 136 Å². The number of phenolic OH excluding ortho intramolecular Hbond substituents is 1. The molecule has 4 aromatic rings. The molecule has 4 aromatic carbocycles. The molecule has 0 heterocycles. The van der Waals surface area contributed by atoms with E-state index in [0.29, 0.717) is 5.69 Å².